The van der Waals surface area contributed by atoms with E-state index in [1.54, 1.807) is 6.66 Å². The average molecular weight is 421 g/mol. The summed E-state index contributed by atoms with van der Waals surface area (Å²) in [6.07, 6.45) is 3.81. The molecular weight excluding hydrogens is 367 g/mol. The predicted molar refractivity (Wildman–Crippen MR) is 128 cm³/mol. The van der Waals surface area contributed by atoms with Gasteiger partial charge in [-0.25, -0.2) is 0 Å². The maximum atomic E-state index is 6.06. The fourth-order valence-electron chi connectivity index (χ4n) is 3.67. The van der Waals surface area contributed by atoms with Crippen molar-refractivity contribution in [3.8, 4) is 0 Å². The van der Waals surface area contributed by atoms with Gasteiger partial charge >= 0.3 is 0 Å². The Labute approximate surface area is 179 Å². The summed E-state index contributed by atoms with van der Waals surface area (Å²) >= 11 is 0. The first kappa shape index (κ1) is 27.9. The molecule has 0 atom stereocenters. The molecule has 1 heterocycles. The number of nitrogens with zero attached hydrogens (tertiary/aromatic N) is 2. The Bertz CT molecular complexity index is 330. The Balaban J connectivity index is 0. The summed E-state index contributed by atoms with van der Waals surface area (Å²) in [6, 6.07) is 0. The maximum Gasteiger partial charge on any atom is 0.192 e. The van der Waals surface area contributed by atoms with E-state index >= 15 is 0 Å². The molecule has 0 saturated carbocycles. The van der Waals surface area contributed by atoms with Crippen LogP contribution >= 0.6 is 8.37 Å². The minimum atomic E-state index is 0. The Morgan fingerprint density at radius 1 is 0.893 bits per heavy atom. The normalized spacial score (nSPS) is 19.1. The highest BCUT2D eigenvalue weighted by Gasteiger charge is 2.20. The van der Waals surface area contributed by atoms with Crippen LogP contribution in [0.15, 0.2) is 0 Å². The molecule has 6 nitrogen and oxygen atoms in total. The molecule has 170 valence electrons. The first-order valence-corrected chi connectivity index (χ1v) is 12.4. The van der Waals surface area contributed by atoms with Crippen LogP contribution < -0.4 is 16.0 Å². The second kappa shape index (κ2) is 21.6. The van der Waals surface area contributed by atoms with Crippen LogP contribution in [0.5, 0.6) is 0 Å². The summed E-state index contributed by atoms with van der Waals surface area (Å²) < 4.78 is 7.34. The molecule has 1 fully saturated rings. The van der Waals surface area contributed by atoms with Gasteiger partial charge in [0, 0.05) is 39.1 Å². The number of hydrogen-bond donors (Lipinski definition) is 4. The van der Waals surface area contributed by atoms with Crippen molar-refractivity contribution >= 4 is 8.37 Å². The molecule has 0 aromatic carbocycles. The van der Waals surface area contributed by atoms with Crippen molar-refractivity contribution in [3.05, 3.63) is 7.43 Å². The summed E-state index contributed by atoms with van der Waals surface area (Å²) in [5, 5.41) is 13.6. The lowest BCUT2D eigenvalue weighted by atomic mass is 10.2. The topological polar surface area (TPSA) is 63.2 Å². The van der Waals surface area contributed by atoms with Gasteiger partial charge in [0.25, 0.3) is 0 Å². The van der Waals surface area contributed by atoms with E-state index in [-0.39, 0.29) is 7.43 Å². The van der Waals surface area contributed by atoms with Gasteiger partial charge in [0.05, 0.1) is 26.2 Å². The molecule has 28 heavy (non-hydrogen) atoms. The SMILES string of the molecule is CC[N+](CC)(CC)CCCN1CCCNCCNCCCNCC1.[3H]N=PC.[CH3-]. The van der Waals surface area contributed by atoms with Gasteiger partial charge in [-0.1, -0.05) is 0 Å². The van der Waals surface area contributed by atoms with E-state index in [2.05, 4.69) is 46.8 Å². The fourth-order valence-corrected chi connectivity index (χ4v) is 3.67. The van der Waals surface area contributed by atoms with Crippen LogP contribution in [0, 0.1) is 12.6 Å². The molecule has 0 spiro atoms. The molecule has 1 saturated heterocycles. The highest BCUT2D eigenvalue weighted by Crippen LogP contribution is 2.08. The molecule has 0 aliphatic carbocycles. The minimum absolute atomic E-state index is 0. The van der Waals surface area contributed by atoms with E-state index in [9.17, 15) is 0 Å². The van der Waals surface area contributed by atoms with Gasteiger partial charge in [0.1, 0.15) is 0 Å². The fraction of sp³-hybridized carbons (Fsp3) is 0.952. The monoisotopic (exact) mass is 420 g/mol. The third-order valence-electron chi connectivity index (χ3n) is 5.74. The molecule has 0 bridgehead atoms. The van der Waals surface area contributed by atoms with Crippen molar-refractivity contribution < 1.29 is 5.89 Å². The molecule has 0 amide bonds. The standard InChI is InChI=1S/C19H44N5.CH4NP.CH3/c1-4-24(5-2,6-3)19-9-17-23-16-8-12-21-14-13-20-10-7-11-22-15-18-23;1-3-2;/h20-22H,4-19H2,1-3H3;2H,1H3;1H3/q+1;;-1/i/hT. The molecule has 1 aliphatic heterocycles. The lowest BCUT2D eigenvalue weighted by molar-refractivity contribution is -0.923. The smallest absolute Gasteiger partial charge is 0.192 e. The van der Waals surface area contributed by atoms with Crippen LogP contribution in [0.25, 0.3) is 0 Å². The van der Waals surface area contributed by atoms with Crippen LogP contribution in [0.3, 0.4) is 0 Å². The van der Waals surface area contributed by atoms with Crippen molar-refractivity contribution in [2.45, 2.75) is 40.0 Å². The van der Waals surface area contributed by atoms with E-state index in [0.717, 1.165) is 47.6 Å². The molecule has 0 aromatic heterocycles. The predicted octanol–water partition coefficient (Wildman–Crippen LogP) is 2.89. The average Bonchev–Trinajstić information content (AvgIpc) is 2.74. The zero-order valence-electron chi connectivity index (χ0n) is 20.6. The zero-order valence-corrected chi connectivity index (χ0v) is 20.5. The van der Waals surface area contributed by atoms with Crippen molar-refractivity contribution in [3.63, 3.8) is 0 Å². The van der Waals surface area contributed by atoms with Crippen LogP contribution in [0.1, 0.15) is 40.0 Å². The molecule has 7 heteroatoms. The number of rotatable bonds is 7. The summed E-state index contributed by atoms with van der Waals surface area (Å²) in [5.74, 6) is 0. The summed E-state index contributed by atoms with van der Waals surface area (Å²) in [7, 11) is 0.790. The van der Waals surface area contributed by atoms with Crippen molar-refractivity contribution in [1.29, 1.82) is 5.15 Å². The molecule has 0 radical (unpaired) electrons. The lowest BCUT2D eigenvalue weighted by Gasteiger charge is -2.36. The van der Waals surface area contributed by atoms with E-state index in [0.29, 0.717) is 0 Å². The highest BCUT2D eigenvalue weighted by molar-refractivity contribution is 7.23. The van der Waals surface area contributed by atoms with Gasteiger partial charge in [-0.3, -0.25) is 5.15 Å². The molecule has 1 aliphatic rings. The largest absolute Gasteiger partial charge is 0.358 e. The molecule has 0 unspecified atom stereocenters. The first-order chi connectivity index (χ1) is 13.7. The Hall–Kier alpha value is -0.100. The number of hydrogen-bond acceptors (Lipinski definition) is 5. The van der Waals surface area contributed by atoms with E-state index < -0.39 is 0 Å². The number of nitrogens with one attached hydrogen (secondary N) is 4. The van der Waals surface area contributed by atoms with Gasteiger partial charge < -0.3 is 32.8 Å². The third-order valence-corrected chi connectivity index (χ3v) is 5.74. The van der Waals surface area contributed by atoms with Gasteiger partial charge in [-0.2, -0.15) is 0 Å². The summed E-state index contributed by atoms with van der Waals surface area (Å²) in [6.45, 7) is 24.4. The highest BCUT2D eigenvalue weighted by atomic mass is 31.1. The molecule has 1 rings (SSSR count). The van der Waals surface area contributed by atoms with Crippen LogP contribution in [0.2, 0.25) is 1.41 Å². The van der Waals surface area contributed by atoms with Gasteiger partial charge in [0.15, 0.2) is 1.41 Å². The third kappa shape index (κ3) is 15.8. The van der Waals surface area contributed by atoms with E-state index in [1.165, 1.54) is 69.6 Å². The summed E-state index contributed by atoms with van der Waals surface area (Å²) in [5.41, 5.74) is 0. The van der Waals surface area contributed by atoms with E-state index in [1.807, 2.05) is 0 Å². The Kier molecular flexibility index (Phi) is 21.5. The second-order valence-corrected chi connectivity index (χ2v) is 7.77. The quantitative estimate of drug-likeness (QED) is 0.291. The Morgan fingerprint density at radius 2 is 1.43 bits per heavy atom. The Morgan fingerprint density at radius 3 is 1.96 bits per heavy atom. The second-order valence-electron chi connectivity index (χ2n) is 7.37. The molecular formula is C21H51N6P. The van der Waals surface area contributed by atoms with Crippen molar-refractivity contribution in [1.82, 2.24) is 20.9 Å². The lowest BCUT2D eigenvalue weighted by Crippen LogP contribution is -2.49. The number of quaternary nitrogens is 1. The van der Waals surface area contributed by atoms with Crippen molar-refractivity contribution in [2.75, 3.05) is 91.7 Å². The van der Waals surface area contributed by atoms with Crippen LogP contribution in [-0.4, -0.2) is 101 Å². The summed E-state index contributed by atoms with van der Waals surface area (Å²) in [4.78, 5) is 2.67. The minimum Gasteiger partial charge on any atom is -0.358 e. The van der Waals surface area contributed by atoms with Gasteiger partial charge in [-0.15, -0.1) is 0 Å². The maximum absolute atomic E-state index is 6.06. The molecule has 4 N–H and O–H groups in total. The zero-order chi connectivity index (χ0) is 20.9. The van der Waals surface area contributed by atoms with Crippen LogP contribution in [-0.2, 0) is 0 Å². The first-order valence-electron chi connectivity index (χ1n) is 11.6. The van der Waals surface area contributed by atoms with E-state index in [4.69, 9.17) is 1.41 Å². The van der Waals surface area contributed by atoms with Gasteiger partial charge in [0.2, 0.25) is 0 Å². The van der Waals surface area contributed by atoms with Crippen LogP contribution in [0.4, 0.5) is 0 Å². The van der Waals surface area contributed by atoms with Crippen molar-refractivity contribution in [2.24, 2.45) is 0 Å². The van der Waals surface area contributed by atoms with Gasteiger partial charge in [-0.05, 0) is 74.8 Å². The molecule has 0 aromatic rings.